The lowest BCUT2D eigenvalue weighted by Gasteiger charge is -2.14. The maximum atomic E-state index is 11.6. The first-order chi connectivity index (χ1) is 13.0. The number of hydrogen-bond donors (Lipinski definition) is 3. The summed E-state index contributed by atoms with van der Waals surface area (Å²) in [5.41, 5.74) is 2.80. The molecule has 6 heteroatoms. The number of carboxylic acids is 2. The van der Waals surface area contributed by atoms with E-state index in [0.29, 0.717) is 22.1 Å². The van der Waals surface area contributed by atoms with E-state index in [9.17, 15) is 14.7 Å². The van der Waals surface area contributed by atoms with Gasteiger partial charge in [0.25, 0.3) is 0 Å². The van der Waals surface area contributed by atoms with Crippen LogP contribution in [0.2, 0.25) is 0 Å². The van der Waals surface area contributed by atoms with E-state index in [1.807, 2.05) is 30.3 Å². The predicted molar refractivity (Wildman–Crippen MR) is 103 cm³/mol. The van der Waals surface area contributed by atoms with Gasteiger partial charge in [0.2, 0.25) is 0 Å². The van der Waals surface area contributed by atoms with E-state index in [-0.39, 0.29) is 11.1 Å². The van der Waals surface area contributed by atoms with E-state index >= 15 is 0 Å². The first-order valence-corrected chi connectivity index (χ1v) is 8.20. The molecule has 4 rings (SSSR count). The van der Waals surface area contributed by atoms with Gasteiger partial charge in [-0.05, 0) is 36.4 Å². The second-order valence-electron chi connectivity index (χ2n) is 6.02. The number of fused-ring (bicyclic) bond motifs is 2. The van der Waals surface area contributed by atoms with Gasteiger partial charge >= 0.3 is 11.9 Å². The number of aromatic nitrogens is 1. The quantitative estimate of drug-likeness (QED) is 0.464. The summed E-state index contributed by atoms with van der Waals surface area (Å²) in [6, 6.07) is 18.9. The van der Waals surface area contributed by atoms with Crippen LogP contribution in [0.5, 0.6) is 0 Å². The number of carboxylic acid groups (broad SMARTS) is 2. The number of benzene rings is 3. The van der Waals surface area contributed by atoms with E-state index in [2.05, 4.69) is 10.3 Å². The molecule has 0 spiro atoms. The van der Waals surface area contributed by atoms with Crippen LogP contribution in [0.3, 0.4) is 0 Å². The summed E-state index contributed by atoms with van der Waals surface area (Å²) in [6.07, 6.45) is 0. The average molecular weight is 358 g/mol. The Labute approximate surface area is 153 Å². The number of nitrogens with zero attached hydrogens (tertiary/aromatic N) is 1. The number of nitrogens with one attached hydrogen (secondary N) is 1. The number of hydrogen-bond acceptors (Lipinski definition) is 4. The van der Waals surface area contributed by atoms with Crippen molar-refractivity contribution in [1.82, 2.24) is 4.98 Å². The molecule has 3 aromatic carbocycles. The SMILES string of the molecule is O=C(O)c1ccc(Nc2c3ccccc3nc3c(C(=O)O)cccc23)cc1. The molecule has 0 amide bonds. The van der Waals surface area contributed by atoms with Crippen LogP contribution in [0.4, 0.5) is 11.4 Å². The monoisotopic (exact) mass is 358 g/mol. The smallest absolute Gasteiger partial charge is 0.337 e. The summed E-state index contributed by atoms with van der Waals surface area (Å²) in [5, 5.41) is 23.4. The highest BCUT2D eigenvalue weighted by atomic mass is 16.4. The minimum atomic E-state index is -1.04. The molecule has 1 aromatic heterocycles. The maximum Gasteiger partial charge on any atom is 0.337 e. The third kappa shape index (κ3) is 2.93. The Bertz CT molecular complexity index is 1200. The molecule has 0 saturated carbocycles. The molecule has 132 valence electrons. The average Bonchev–Trinajstić information content (AvgIpc) is 2.67. The van der Waals surface area contributed by atoms with Crippen molar-refractivity contribution in [2.24, 2.45) is 0 Å². The first-order valence-electron chi connectivity index (χ1n) is 8.20. The van der Waals surface area contributed by atoms with Crippen LogP contribution >= 0.6 is 0 Å². The number of aromatic carboxylic acids is 2. The molecular formula is C21H14N2O4. The molecule has 0 aliphatic carbocycles. The van der Waals surface area contributed by atoms with Gasteiger partial charge in [0.05, 0.1) is 27.8 Å². The zero-order chi connectivity index (χ0) is 19.0. The lowest BCUT2D eigenvalue weighted by atomic mass is 10.0. The van der Waals surface area contributed by atoms with Crippen LogP contribution in [0.15, 0.2) is 66.7 Å². The molecule has 0 fully saturated rings. The largest absolute Gasteiger partial charge is 0.478 e. The molecule has 0 saturated heterocycles. The zero-order valence-electron chi connectivity index (χ0n) is 14.0. The second kappa shape index (κ2) is 6.42. The number of anilines is 2. The van der Waals surface area contributed by atoms with Crippen LogP contribution < -0.4 is 5.32 Å². The first kappa shape index (κ1) is 16.5. The Morgan fingerprint density at radius 3 is 2.19 bits per heavy atom. The van der Waals surface area contributed by atoms with Gasteiger partial charge in [0.1, 0.15) is 0 Å². The fourth-order valence-corrected chi connectivity index (χ4v) is 3.06. The molecule has 4 aromatic rings. The van der Waals surface area contributed by atoms with Gasteiger partial charge < -0.3 is 15.5 Å². The Morgan fingerprint density at radius 2 is 1.48 bits per heavy atom. The summed E-state index contributed by atoms with van der Waals surface area (Å²) in [5.74, 6) is -2.03. The Balaban J connectivity index is 1.95. The lowest BCUT2D eigenvalue weighted by molar-refractivity contribution is 0.0687. The van der Waals surface area contributed by atoms with Crippen molar-refractivity contribution in [2.45, 2.75) is 0 Å². The van der Waals surface area contributed by atoms with Gasteiger partial charge in [0, 0.05) is 16.5 Å². The van der Waals surface area contributed by atoms with Crippen molar-refractivity contribution < 1.29 is 19.8 Å². The summed E-state index contributed by atoms with van der Waals surface area (Å²) in [7, 11) is 0. The van der Waals surface area contributed by atoms with E-state index < -0.39 is 11.9 Å². The molecule has 27 heavy (non-hydrogen) atoms. The van der Waals surface area contributed by atoms with E-state index in [0.717, 1.165) is 11.1 Å². The van der Waals surface area contributed by atoms with Crippen LogP contribution in [0.1, 0.15) is 20.7 Å². The van der Waals surface area contributed by atoms with Crippen molar-refractivity contribution in [2.75, 3.05) is 5.32 Å². The third-order valence-electron chi connectivity index (χ3n) is 4.34. The maximum absolute atomic E-state index is 11.6. The van der Waals surface area contributed by atoms with Crippen LogP contribution in [0, 0.1) is 0 Å². The fourth-order valence-electron chi connectivity index (χ4n) is 3.06. The van der Waals surface area contributed by atoms with E-state index in [4.69, 9.17) is 5.11 Å². The highest BCUT2D eigenvalue weighted by Gasteiger charge is 2.15. The van der Waals surface area contributed by atoms with Crippen LogP contribution in [-0.4, -0.2) is 27.1 Å². The Kier molecular flexibility index (Phi) is 3.93. The Morgan fingerprint density at radius 1 is 0.778 bits per heavy atom. The molecule has 1 heterocycles. The molecular weight excluding hydrogens is 344 g/mol. The molecule has 0 unspecified atom stereocenters. The van der Waals surface area contributed by atoms with Gasteiger partial charge in [-0.3, -0.25) is 0 Å². The summed E-state index contributed by atoms with van der Waals surface area (Å²) < 4.78 is 0. The molecule has 0 bridgehead atoms. The lowest BCUT2D eigenvalue weighted by Crippen LogP contribution is -2.02. The van der Waals surface area contributed by atoms with Crippen molar-refractivity contribution in [1.29, 1.82) is 0 Å². The predicted octanol–water partition coefficient (Wildman–Crippen LogP) is 4.53. The van der Waals surface area contributed by atoms with Crippen molar-refractivity contribution in [3.8, 4) is 0 Å². The van der Waals surface area contributed by atoms with Crippen molar-refractivity contribution >= 4 is 45.1 Å². The second-order valence-corrected chi connectivity index (χ2v) is 6.02. The third-order valence-corrected chi connectivity index (χ3v) is 4.34. The highest BCUT2D eigenvalue weighted by Crippen LogP contribution is 2.34. The molecule has 0 aliphatic rings. The fraction of sp³-hybridized carbons (Fsp3) is 0. The molecule has 6 nitrogen and oxygen atoms in total. The van der Waals surface area contributed by atoms with Crippen molar-refractivity contribution in [3.05, 3.63) is 77.9 Å². The van der Waals surface area contributed by atoms with Gasteiger partial charge in [-0.25, -0.2) is 14.6 Å². The summed E-state index contributed by atoms with van der Waals surface area (Å²) in [6.45, 7) is 0. The van der Waals surface area contributed by atoms with Gasteiger partial charge in [0.15, 0.2) is 0 Å². The summed E-state index contributed by atoms with van der Waals surface area (Å²) in [4.78, 5) is 27.2. The number of pyridine rings is 1. The zero-order valence-corrected chi connectivity index (χ0v) is 14.0. The van der Waals surface area contributed by atoms with Gasteiger partial charge in [-0.1, -0.05) is 30.3 Å². The van der Waals surface area contributed by atoms with E-state index in [1.165, 1.54) is 18.2 Å². The van der Waals surface area contributed by atoms with Gasteiger partial charge in [-0.15, -0.1) is 0 Å². The number of para-hydroxylation sites is 2. The minimum absolute atomic E-state index is 0.127. The standard InChI is InChI=1S/C21H14N2O4/c24-20(25)12-8-10-13(11-9-12)22-18-14-4-1-2-7-17(14)23-19-15(18)5-3-6-16(19)21(26)27/h1-11H,(H,22,23)(H,24,25)(H,26,27). The number of carbonyl (C=O) groups is 2. The summed E-state index contributed by atoms with van der Waals surface area (Å²) >= 11 is 0. The van der Waals surface area contributed by atoms with Crippen LogP contribution in [-0.2, 0) is 0 Å². The number of rotatable bonds is 4. The molecule has 0 radical (unpaired) electrons. The minimum Gasteiger partial charge on any atom is -0.478 e. The van der Waals surface area contributed by atoms with E-state index in [1.54, 1.807) is 18.2 Å². The molecule has 0 aliphatic heterocycles. The molecule has 0 atom stereocenters. The Hall–Kier alpha value is -3.93. The normalized spacial score (nSPS) is 10.8. The van der Waals surface area contributed by atoms with Crippen LogP contribution in [0.25, 0.3) is 21.8 Å². The van der Waals surface area contributed by atoms with Crippen molar-refractivity contribution in [3.63, 3.8) is 0 Å². The highest BCUT2D eigenvalue weighted by molar-refractivity contribution is 6.13. The molecule has 3 N–H and O–H groups in total. The topological polar surface area (TPSA) is 99.5 Å². The van der Waals surface area contributed by atoms with Gasteiger partial charge in [-0.2, -0.15) is 0 Å².